The topological polar surface area (TPSA) is 95.8 Å². The number of amides is 1. The van der Waals surface area contributed by atoms with E-state index >= 15 is 0 Å². The van der Waals surface area contributed by atoms with Gasteiger partial charge in [0.1, 0.15) is 5.82 Å². The molecule has 5 N–H and O–H groups in total. The van der Waals surface area contributed by atoms with Gasteiger partial charge in [0.25, 0.3) is 5.91 Å². The standard InChI is InChI=1S/C13H17N5O/c1-8-7-10(18-14)3-4-11(8)13(19)17-9(2)12-15-5-6-16-12/h3-7,9,18H,14H2,1-2H3,(H,15,16)(H,17,19). The SMILES string of the molecule is Cc1cc(NN)ccc1C(=O)NC(C)c1ncc[nH]1. The van der Waals surface area contributed by atoms with Crippen molar-refractivity contribution in [3.05, 3.63) is 47.5 Å². The highest BCUT2D eigenvalue weighted by molar-refractivity contribution is 5.96. The first-order chi connectivity index (χ1) is 9.11. The summed E-state index contributed by atoms with van der Waals surface area (Å²) < 4.78 is 0. The number of hydrazine groups is 1. The first-order valence-electron chi connectivity index (χ1n) is 5.99. The molecule has 0 saturated carbocycles. The van der Waals surface area contributed by atoms with Gasteiger partial charge in [0, 0.05) is 23.6 Å². The summed E-state index contributed by atoms with van der Waals surface area (Å²) in [5.41, 5.74) is 4.81. The van der Waals surface area contributed by atoms with E-state index in [1.807, 2.05) is 19.9 Å². The lowest BCUT2D eigenvalue weighted by Gasteiger charge is -2.13. The van der Waals surface area contributed by atoms with Crippen LogP contribution in [-0.4, -0.2) is 15.9 Å². The number of imidazole rings is 1. The van der Waals surface area contributed by atoms with E-state index in [0.717, 1.165) is 17.1 Å². The maximum absolute atomic E-state index is 12.2. The summed E-state index contributed by atoms with van der Waals surface area (Å²) in [7, 11) is 0. The van der Waals surface area contributed by atoms with Gasteiger partial charge in [-0.25, -0.2) is 4.98 Å². The highest BCUT2D eigenvalue weighted by Crippen LogP contribution is 2.15. The number of carbonyl (C=O) groups excluding carboxylic acids is 1. The molecule has 1 aromatic heterocycles. The predicted molar refractivity (Wildman–Crippen MR) is 73.5 cm³/mol. The summed E-state index contributed by atoms with van der Waals surface area (Å²) in [6, 6.07) is 5.16. The molecule has 0 bridgehead atoms. The monoisotopic (exact) mass is 259 g/mol. The Hall–Kier alpha value is -2.34. The van der Waals surface area contributed by atoms with Crippen molar-refractivity contribution in [1.82, 2.24) is 15.3 Å². The van der Waals surface area contributed by atoms with Crippen LogP contribution in [0, 0.1) is 6.92 Å². The van der Waals surface area contributed by atoms with Crippen molar-refractivity contribution in [2.24, 2.45) is 5.84 Å². The second-order valence-corrected chi connectivity index (χ2v) is 4.34. The van der Waals surface area contributed by atoms with Crippen molar-refractivity contribution in [2.45, 2.75) is 19.9 Å². The van der Waals surface area contributed by atoms with E-state index in [9.17, 15) is 4.79 Å². The zero-order valence-electron chi connectivity index (χ0n) is 10.9. The summed E-state index contributed by atoms with van der Waals surface area (Å²) in [5.74, 6) is 5.92. The first kappa shape index (κ1) is 13.1. The fourth-order valence-corrected chi connectivity index (χ4v) is 1.87. The maximum Gasteiger partial charge on any atom is 0.252 e. The van der Waals surface area contributed by atoms with Crippen LogP contribution in [0.1, 0.15) is 34.7 Å². The van der Waals surface area contributed by atoms with Crippen LogP contribution < -0.4 is 16.6 Å². The highest BCUT2D eigenvalue weighted by atomic mass is 16.1. The third-order valence-corrected chi connectivity index (χ3v) is 2.91. The van der Waals surface area contributed by atoms with Crippen LogP contribution in [0.15, 0.2) is 30.6 Å². The van der Waals surface area contributed by atoms with Crippen molar-refractivity contribution in [2.75, 3.05) is 5.43 Å². The van der Waals surface area contributed by atoms with E-state index in [4.69, 9.17) is 5.84 Å². The van der Waals surface area contributed by atoms with Crippen LogP contribution in [0.3, 0.4) is 0 Å². The van der Waals surface area contributed by atoms with E-state index in [-0.39, 0.29) is 11.9 Å². The predicted octanol–water partition coefficient (Wildman–Crippen LogP) is 1.49. The summed E-state index contributed by atoms with van der Waals surface area (Å²) in [5, 5.41) is 2.89. The van der Waals surface area contributed by atoms with Crippen molar-refractivity contribution >= 4 is 11.6 Å². The lowest BCUT2D eigenvalue weighted by Crippen LogP contribution is -2.28. The first-order valence-corrected chi connectivity index (χ1v) is 5.99. The van der Waals surface area contributed by atoms with Crippen LogP contribution in [0.5, 0.6) is 0 Å². The Morgan fingerprint density at radius 3 is 2.84 bits per heavy atom. The van der Waals surface area contributed by atoms with Gasteiger partial charge in [0.2, 0.25) is 0 Å². The minimum Gasteiger partial charge on any atom is -0.347 e. The Labute approximate surface area is 111 Å². The molecular formula is C13H17N5O. The molecule has 0 aliphatic carbocycles. The minimum absolute atomic E-state index is 0.134. The Bertz CT molecular complexity index is 564. The number of hydrogen-bond donors (Lipinski definition) is 4. The number of benzene rings is 1. The molecule has 0 spiro atoms. The summed E-state index contributed by atoms with van der Waals surface area (Å²) >= 11 is 0. The zero-order valence-corrected chi connectivity index (χ0v) is 10.9. The molecule has 2 rings (SSSR count). The largest absolute Gasteiger partial charge is 0.347 e. The zero-order chi connectivity index (χ0) is 13.8. The molecular weight excluding hydrogens is 242 g/mol. The van der Waals surface area contributed by atoms with Crippen LogP contribution in [-0.2, 0) is 0 Å². The normalized spacial score (nSPS) is 11.9. The van der Waals surface area contributed by atoms with Crippen molar-refractivity contribution < 1.29 is 4.79 Å². The molecule has 6 nitrogen and oxygen atoms in total. The Kier molecular flexibility index (Phi) is 3.82. The van der Waals surface area contributed by atoms with Crippen LogP contribution in [0.4, 0.5) is 5.69 Å². The fourth-order valence-electron chi connectivity index (χ4n) is 1.87. The smallest absolute Gasteiger partial charge is 0.252 e. The van der Waals surface area contributed by atoms with E-state index in [2.05, 4.69) is 20.7 Å². The van der Waals surface area contributed by atoms with Crippen molar-refractivity contribution in [3.8, 4) is 0 Å². The molecule has 1 amide bonds. The van der Waals surface area contributed by atoms with Gasteiger partial charge in [-0.05, 0) is 37.6 Å². The number of aromatic amines is 1. The third kappa shape index (κ3) is 2.92. The second-order valence-electron chi connectivity index (χ2n) is 4.34. The molecule has 1 aromatic carbocycles. The Morgan fingerprint density at radius 2 is 2.26 bits per heavy atom. The average Bonchev–Trinajstić information content (AvgIpc) is 2.92. The van der Waals surface area contributed by atoms with Gasteiger partial charge in [-0.1, -0.05) is 0 Å². The maximum atomic E-state index is 12.2. The number of nitrogens with two attached hydrogens (primary N) is 1. The number of rotatable bonds is 4. The van der Waals surface area contributed by atoms with Gasteiger partial charge in [-0.3, -0.25) is 10.6 Å². The lowest BCUT2D eigenvalue weighted by atomic mass is 10.1. The highest BCUT2D eigenvalue weighted by Gasteiger charge is 2.14. The molecule has 100 valence electrons. The number of nitrogens with one attached hydrogen (secondary N) is 3. The number of carbonyl (C=O) groups is 1. The number of anilines is 1. The molecule has 2 aromatic rings. The van der Waals surface area contributed by atoms with Gasteiger partial charge < -0.3 is 15.7 Å². The van der Waals surface area contributed by atoms with E-state index < -0.39 is 0 Å². The lowest BCUT2D eigenvalue weighted by molar-refractivity contribution is 0.0938. The van der Waals surface area contributed by atoms with Gasteiger partial charge >= 0.3 is 0 Å². The van der Waals surface area contributed by atoms with E-state index in [1.54, 1.807) is 24.5 Å². The summed E-state index contributed by atoms with van der Waals surface area (Å²) in [4.78, 5) is 19.3. The molecule has 1 atom stereocenters. The molecule has 19 heavy (non-hydrogen) atoms. The van der Waals surface area contributed by atoms with Crippen molar-refractivity contribution in [3.63, 3.8) is 0 Å². The molecule has 0 fully saturated rings. The van der Waals surface area contributed by atoms with Crippen LogP contribution in [0.25, 0.3) is 0 Å². The van der Waals surface area contributed by atoms with E-state index in [0.29, 0.717) is 5.56 Å². The van der Waals surface area contributed by atoms with Crippen LogP contribution >= 0.6 is 0 Å². The number of hydrogen-bond acceptors (Lipinski definition) is 4. The number of aromatic nitrogens is 2. The molecule has 0 aliphatic rings. The Balaban J connectivity index is 2.12. The molecule has 0 radical (unpaired) electrons. The minimum atomic E-state index is -0.172. The second kappa shape index (κ2) is 5.53. The number of nitrogen functional groups attached to an aromatic ring is 1. The molecule has 6 heteroatoms. The molecule has 1 unspecified atom stereocenters. The molecule has 0 saturated heterocycles. The van der Waals surface area contributed by atoms with Gasteiger partial charge in [0.05, 0.1) is 6.04 Å². The average molecular weight is 259 g/mol. The number of nitrogens with zero attached hydrogens (tertiary/aromatic N) is 1. The van der Waals surface area contributed by atoms with Gasteiger partial charge in [-0.15, -0.1) is 0 Å². The number of aryl methyl sites for hydroxylation is 1. The fraction of sp³-hybridized carbons (Fsp3) is 0.231. The van der Waals surface area contributed by atoms with E-state index in [1.165, 1.54) is 0 Å². The summed E-state index contributed by atoms with van der Waals surface area (Å²) in [6.07, 6.45) is 3.38. The van der Waals surface area contributed by atoms with Crippen molar-refractivity contribution in [1.29, 1.82) is 0 Å². The quantitative estimate of drug-likeness (QED) is 0.494. The molecule has 1 heterocycles. The molecule has 0 aliphatic heterocycles. The van der Waals surface area contributed by atoms with Crippen LogP contribution in [0.2, 0.25) is 0 Å². The summed E-state index contributed by atoms with van der Waals surface area (Å²) in [6.45, 7) is 3.75. The van der Waals surface area contributed by atoms with Gasteiger partial charge in [0.15, 0.2) is 0 Å². The Morgan fingerprint density at radius 1 is 1.47 bits per heavy atom. The third-order valence-electron chi connectivity index (χ3n) is 2.91. The van der Waals surface area contributed by atoms with Gasteiger partial charge in [-0.2, -0.15) is 0 Å². The number of H-pyrrole nitrogens is 1.